The fourth-order valence-corrected chi connectivity index (χ4v) is 4.18. The Labute approximate surface area is 249 Å². The van der Waals surface area contributed by atoms with Crippen LogP contribution in [0.25, 0.3) is 0 Å². The van der Waals surface area contributed by atoms with Crippen molar-refractivity contribution in [1.29, 1.82) is 0 Å². The Bertz CT molecular complexity index is 1550. The molecule has 1 aliphatic heterocycles. The molecule has 0 fully saturated rings. The lowest BCUT2D eigenvalue weighted by Gasteiger charge is -2.22. The molecule has 14 heteroatoms. The average molecular weight is 615 g/mol. The van der Waals surface area contributed by atoms with Gasteiger partial charge in [-0.2, -0.15) is 13.2 Å². The Morgan fingerprint density at radius 1 is 0.977 bits per heavy atom. The molecule has 0 aromatic heterocycles. The van der Waals surface area contributed by atoms with Gasteiger partial charge in [0.2, 0.25) is 5.91 Å². The highest BCUT2D eigenvalue weighted by Gasteiger charge is 2.42. The molecule has 1 aliphatic rings. The monoisotopic (exact) mass is 614 g/mol. The Hall–Kier alpha value is -5.08. The number of anilines is 2. The van der Waals surface area contributed by atoms with Crippen molar-refractivity contribution in [1.82, 2.24) is 0 Å². The van der Waals surface area contributed by atoms with Crippen molar-refractivity contribution >= 4 is 41.0 Å². The smallest absolute Gasteiger partial charge is 0.385 e. The van der Waals surface area contributed by atoms with Gasteiger partial charge in [-0.15, -0.1) is 0 Å². The van der Waals surface area contributed by atoms with E-state index in [2.05, 4.69) is 4.74 Å². The van der Waals surface area contributed by atoms with E-state index in [-0.39, 0.29) is 23.7 Å². The second-order valence-electron chi connectivity index (χ2n) is 9.51. The molecule has 0 aliphatic carbocycles. The highest BCUT2D eigenvalue weighted by molar-refractivity contribution is 6.09. The van der Waals surface area contributed by atoms with Gasteiger partial charge < -0.3 is 26.2 Å². The first-order chi connectivity index (χ1) is 20.7. The number of halogens is 3. The van der Waals surface area contributed by atoms with Crippen molar-refractivity contribution in [2.75, 3.05) is 22.9 Å². The summed E-state index contributed by atoms with van der Waals surface area (Å²) in [5.41, 5.74) is 13.8. The van der Waals surface area contributed by atoms with Gasteiger partial charge in [-0.05, 0) is 60.9 Å². The molecule has 0 radical (unpaired) electrons. The third-order valence-electron chi connectivity index (χ3n) is 6.34. The number of alkyl halides is 3. The number of amides is 3. The topological polar surface area (TPSA) is 173 Å². The Morgan fingerprint density at radius 3 is 2.25 bits per heavy atom. The summed E-state index contributed by atoms with van der Waals surface area (Å²) in [6.45, 7) is 1.22. The molecular formula is C30H29F3N4O7. The number of nitrogens with two attached hydrogens (primary N) is 2. The molecule has 0 saturated carbocycles. The van der Waals surface area contributed by atoms with Crippen LogP contribution >= 0.6 is 0 Å². The van der Waals surface area contributed by atoms with E-state index >= 15 is 0 Å². The minimum atomic E-state index is -5.32. The number of esters is 2. The van der Waals surface area contributed by atoms with Crippen LogP contribution in [0.2, 0.25) is 0 Å². The lowest BCUT2D eigenvalue weighted by Crippen LogP contribution is -2.39. The van der Waals surface area contributed by atoms with Gasteiger partial charge in [0.05, 0.1) is 0 Å². The molecule has 44 heavy (non-hydrogen) atoms. The molecule has 0 spiro atoms. The zero-order valence-corrected chi connectivity index (χ0v) is 23.4. The molecule has 0 unspecified atom stereocenters. The third kappa shape index (κ3) is 8.49. The van der Waals surface area contributed by atoms with Crippen LogP contribution < -0.4 is 21.3 Å². The van der Waals surface area contributed by atoms with Gasteiger partial charge in [0, 0.05) is 35.6 Å². The standard InChI is InChI=1S/C18H15F3N2O4.C12H14N2O3/c19-18(20,21)17(26)27-15(24)11-23(14-8-4-5-12(9-14)10-22)16(25)13-6-2-1-3-7-13;1-7(15)12(17)14-5-4-8-2-3-9(11(13)16)6-10(8)14/h1-9H,10-11,22H2;2-3,6-7,15H,4-5H2,1H3,(H2,13,16)/t;7-/m.0/s1. The number of aliphatic hydroxyl groups excluding tert-OH is 1. The molecule has 3 aromatic carbocycles. The number of benzene rings is 3. The molecular weight excluding hydrogens is 585 g/mol. The van der Waals surface area contributed by atoms with Crippen LogP contribution in [0.1, 0.15) is 38.8 Å². The molecule has 3 amide bonds. The van der Waals surface area contributed by atoms with Crippen LogP contribution in [-0.2, 0) is 32.1 Å². The zero-order valence-electron chi connectivity index (χ0n) is 23.4. The number of aliphatic hydroxyl groups is 1. The lowest BCUT2D eigenvalue weighted by atomic mass is 10.1. The van der Waals surface area contributed by atoms with Crippen LogP contribution in [0.4, 0.5) is 24.5 Å². The predicted octanol–water partition coefficient (Wildman–Crippen LogP) is 2.48. The van der Waals surface area contributed by atoms with E-state index in [9.17, 15) is 42.3 Å². The zero-order chi connectivity index (χ0) is 32.6. The van der Waals surface area contributed by atoms with Crippen LogP contribution in [-0.4, -0.2) is 60.1 Å². The number of hydrogen-bond donors (Lipinski definition) is 3. The van der Waals surface area contributed by atoms with E-state index < -0.39 is 42.6 Å². The van der Waals surface area contributed by atoms with Crippen LogP contribution in [0.15, 0.2) is 72.8 Å². The highest BCUT2D eigenvalue weighted by Crippen LogP contribution is 2.29. The fraction of sp³-hybridized carbons (Fsp3) is 0.233. The van der Waals surface area contributed by atoms with Crippen molar-refractivity contribution in [3.63, 3.8) is 0 Å². The molecule has 232 valence electrons. The number of primary amides is 1. The molecule has 0 bridgehead atoms. The SMILES string of the molecule is C[C@H](O)C(=O)N1CCc2ccc(C(N)=O)cc21.NCc1cccc(N(CC(=O)OC(=O)C(F)(F)F)C(=O)c2ccccc2)c1. The minimum absolute atomic E-state index is 0.151. The first kappa shape index (κ1) is 33.4. The number of fused-ring (bicyclic) bond motifs is 1. The molecule has 1 heterocycles. The van der Waals surface area contributed by atoms with Crippen LogP contribution in [0.5, 0.6) is 0 Å². The maximum atomic E-state index is 12.7. The van der Waals surface area contributed by atoms with Crippen molar-refractivity contribution < 1.29 is 47.0 Å². The molecule has 11 nitrogen and oxygen atoms in total. The number of carbonyl (C=O) groups is 5. The maximum absolute atomic E-state index is 12.7. The molecule has 1 atom stereocenters. The van der Waals surface area contributed by atoms with Gasteiger partial charge in [0.1, 0.15) is 12.6 Å². The van der Waals surface area contributed by atoms with E-state index in [0.29, 0.717) is 23.4 Å². The second-order valence-corrected chi connectivity index (χ2v) is 9.51. The predicted molar refractivity (Wildman–Crippen MR) is 152 cm³/mol. The quantitative estimate of drug-likeness (QED) is 0.269. The summed E-state index contributed by atoms with van der Waals surface area (Å²) in [6.07, 6.45) is -5.63. The first-order valence-corrected chi connectivity index (χ1v) is 13.1. The average Bonchev–Trinajstić information content (AvgIpc) is 3.42. The number of rotatable bonds is 7. The van der Waals surface area contributed by atoms with Crippen molar-refractivity contribution in [3.8, 4) is 0 Å². The van der Waals surface area contributed by atoms with Crippen LogP contribution in [0, 0.1) is 0 Å². The summed E-state index contributed by atoms with van der Waals surface area (Å²) in [4.78, 5) is 60.6. The van der Waals surface area contributed by atoms with E-state index in [1.165, 1.54) is 36.1 Å². The molecule has 4 rings (SSSR count). The summed E-state index contributed by atoms with van der Waals surface area (Å²) in [7, 11) is 0. The third-order valence-corrected chi connectivity index (χ3v) is 6.34. The van der Waals surface area contributed by atoms with E-state index in [0.717, 1.165) is 16.9 Å². The van der Waals surface area contributed by atoms with Gasteiger partial charge in [-0.1, -0.05) is 36.4 Å². The van der Waals surface area contributed by atoms with Gasteiger partial charge in [-0.3, -0.25) is 19.3 Å². The van der Waals surface area contributed by atoms with Gasteiger partial charge in [0.25, 0.3) is 11.8 Å². The maximum Gasteiger partial charge on any atom is 0.491 e. The number of hydrogen-bond acceptors (Lipinski definition) is 8. The largest absolute Gasteiger partial charge is 0.491 e. The summed E-state index contributed by atoms with van der Waals surface area (Å²) >= 11 is 0. The lowest BCUT2D eigenvalue weighted by molar-refractivity contribution is -0.201. The van der Waals surface area contributed by atoms with Crippen molar-refractivity contribution in [2.24, 2.45) is 11.5 Å². The Kier molecular flexibility index (Phi) is 10.9. The Balaban J connectivity index is 0.000000266. The summed E-state index contributed by atoms with van der Waals surface area (Å²) in [5.74, 6) is -5.69. The van der Waals surface area contributed by atoms with E-state index in [1.54, 1.807) is 48.5 Å². The number of carbonyl (C=O) groups excluding carboxylic acids is 5. The van der Waals surface area contributed by atoms with Crippen LogP contribution in [0.3, 0.4) is 0 Å². The summed E-state index contributed by atoms with van der Waals surface area (Å²) < 4.78 is 40.6. The van der Waals surface area contributed by atoms with Crippen molar-refractivity contribution in [2.45, 2.75) is 32.2 Å². The Morgan fingerprint density at radius 2 is 1.66 bits per heavy atom. The fourth-order valence-electron chi connectivity index (χ4n) is 4.18. The van der Waals surface area contributed by atoms with E-state index in [4.69, 9.17) is 11.5 Å². The summed E-state index contributed by atoms with van der Waals surface area (Å²) in [5, 5.41) is 9.30. The van der Waals surface area contributed by atoms with E-state index in [1.807, 2.05) is 0 Å². The first-order valence-electron chi connectivity index (χ1n) is 13.1. The van der Waals surface area contributed by atoms with Gasteiger partial charge >= 0.3 is 18.1 Å². The van der Waals surface area contributed by atoms with Crippen molar-refractivity contribution in [3.05, 3.63) is 95.1 Å². The number of nitrogens with zero attached hydrogens (tertiary/aromatic N) is 2. The molecule has 0 saturated heterocycles. The normalized spacial score (nSPS) is 12.7. The molecule has 5 N–H and O–H groups in total. The summed E-state index contributed by atoms with van der Waals surface area (Å²) in [6, 6.07) is 19.1. The minimum Gasteiger partial charge on any atom is -0.385 e. The number of ether oxygens (including phenoxy) is 1. The molecule has 3 aromatic rings. The van der Waals surface area contributed by atoms with Gasteiger partial charge in [-0.25, -0.2) is 9.59 Å². The second kappa shape index (κ2) is 14.4. The highest BCUT2D eigenvalue weighted by atomic mass is 19.4. The van der Waals surface area contributed by atoms with Gasteiger partial charge in [0.15, 0.2) is 0 Å².